The molecule has 0 aliphatic carbocycles. The van der Waals surface area contributed by atoms with Gasteiger partial charge in [-0.1, -0.05) is 0 Å². The van der Waals surface area contributed by atoms with Crippen molar-refractivity contribution in [3.8, 4) is 11.5 Å². The van der Waals surface area contributed by atoms with Crippen molar-refractivity contribution in [2.24, 2.45) is 0 Å². The van der Waals surface area contributed by atoms with Crippen LogP contribution in [0.15, 0.2) is 28.9 Å². The van der Waals surface area contributed by atoms with Crippen molar-refractivity contribution in [3.05, 3.63) is 24.5 Å². The smallest absolute Gasteiger partial charge is 0.307 e. The fourth-order valence-electron chi connectivity index (χ4n) is 2.05. The third kappa shape index (κ3) is 3.76. The van der Waals surface area contributed by atoms with Crippen molar-refractivity contribution < 1.29 is 28.6 Å². The van der Waals surface area contributed by atoms with Gasteiger partial charge in [-0.3, -0.25) is 19.5 Å². The Balaban J connectivity index is 0.000000595. The molecule has 0 aromatic carbocycles. The van der Waals surface area contributed by atoms with Crippen LogP contribution in [0.5, 0.6) is 0 Å². The Hall–Kier alpha value is -3.10. The second-order valence-electron chi connectivity index (χ2n) is 4.91. The number of H-pyrrole nitrogens is 1. The maximum absolute atomic E-state index is 12.1. The predicted octanol–water partition coefficient (Wildman–Crippen LogP) is 1.40. The Kier molecular flexibility index (Phi) is 4.79. The topological polar surface area (TPSA) is 135 Å². The first-order chi connectivity index (χ1) is 11.0. The number of aromatic amines is 1. The van der Waals surface area contributed by atoms with Crippen LogP contribution < -0.4 is 5.32 Å². The number of cyclic esters (lactones) is 1. The van der Waals surface area contributed by atoms with Gasteiger partial charge >= 0.3 is 5.97 Å². The molecule has 1 fully saturated rings. The highest BCUT2D eigenvalue weighted by atomic mass is 16.6. The lowest BCUT2D eigenvalue weighted by Crippen LogP contribution is -2.39. The molecule has 3 heterocycles. The first kappa shape index (κ1) is 16.3. The van der Waals surface area contributed by atoms with Gasteiger partial charge in [0.25, 0.3) is 12.4 Å². The summed E-state index contributed by atoms with van der Waals surface area (Å²) in [7, 11) is 0. The van der Waals surface area contributed by atoms with E-state index in [-0.39, 0.29) is 24.8 Å². The zero-order valence-electron chi connectivity index (χ0n) is 12.2. The van der Waals surface area contributed by atoms with Gasteiger partial charge in [-0.15, -0.1) is 0 Å². The van der Waals surface area contributed by atoms with E-state index in [9.17, 15) is 9.59 Å². The molecule has 0 radical (unpaired) electrons. The predicted molar refractivity (Wildman–Crippen MR) is 77.3 cm³/mol. The van der Waals surface area contributed by atoms with E-state index < -0.39 is 5.60 Å². The van der Waals surface area contributed by atoms with Crippen LogP contribution in [-0.2, 0) is 19.1 Å². The number of hydrogen-bond donors (Lipinski definition) is 3. The van der Waals surface area contributed by atoms with E-state index >= 15 is 0 Å². The minimum atomic E-state index is -1.12. The summed E-state index contributed by atoms with van der Waals surface area (Å²) in [5.41, 5.74) is -0.472. The van der Waals surface area contributed by atoms with E-state index in [1.807, 2.05) is 0 Å². The lowest BCUT2D eigenvalue weighted by molar-refractivity contribution is -0.154. The number of carboxylic acid groups (broad SMARTS) is 1. The molecule has 1 unspecified atom stereocenters. The Morgan fingerprint density at radius 2 is 2.30 bits per heavy atom. The van der Waals surface area contributed by atoms with Crippen LogP contribution in [0, 0.1) is 0 Å². The van der Waals surface area contributed by atoms with Gasteiger partial charge in [-0.05, 0) is 19.1 Å². The van der Waals surface area contributed by atoms with Crippen LogP contribution in [0.3, 0.4) is 0 Å². The SMILES string of the molecule is CC1(C(=O)Nc2cc(-c3ccco3)[nH]n2)CCC(=O)O1.O=CO. The summed E-state index contributed by atoms with van der Waals surface area (Å²) in [6.45, 7) is 1.34. The van der Waals surface area contributed by atoms with E-state index in [1.165, 1.54) is 0 Å². The van der Waals surface area contributed by atoms with Gasteiger partial charge < -0.3 is 19.6 Å². The van der Waals surface area contributed by atoms with Crippen LogP contribution in [0.25, 0.3) is 11.5 Å². The lowest BCUT2D eigenvalue weighted by atomic mass is 10.0. The van der Waals surface area contributed by atoms with Gasteiger partial charge in [-0.2, -0.15) is 5.10 Å². The van der Waals surface area contributed by atoms with E-state index in [0.717, 1.165) is 0 Å². The second kappa shape index (κ2) is 6.77. The molecule has 1 saturated heterocycles. The second-order valence-corrected chi connectivity index (χ2v) is 4.91. The molecule has 3 rings (SSSR count). The van der Waals surface area contributed by atoms with Crippen LogP contribution in [-0.4, -0.2) is 39.3 Å². The maximum atomic E-state index is 12.1. The molecule has 0 saturated carbocycles. The number of hydrogen-bond acceptors (Lipinski definition) is 6. The number of furan rings is 1. The normalized spacial score (nSPS) is 19.4. The molecule has 23 heavy (non-hydrogen) atoms. The van der Waals surface area contributed by atoms with Gasteiger partial charge in [-0.25, -0.2) is 0 Å². The first-order valence-electron chi connectivity index (χ1n) is 6.69. The number of carbonyl (C=O) groups is 3. The average molecular weight is 321 g/mol. The summed E-state index contributed by atoms with van der Waals surface area (Å²) in [4.78, 5) is 31.6. The van der Waals surface area contributed by atoms with Crippen molar-refractivity contribution in [2.75, 3.05) is 5.32 Å². The van der Waals surface area contributed by atoms with Crippen molar-refractivity contribution in [1.82, 2.24) is 10.2 Å². The van der Waals surface area contributed by atoms with Crippen LogP contribution in [0.1, 0.15) is 19.8 Å². The molecule has 2 aromatic rings. The fourth-order valence-corrected chi connectivity index (χ4v) is 2.05. The number of nitrogens with one attached hydrogen (secondary N) is 2. The highest BCUT2D eigenvalue weighted by Crippen LogP contribution is 2.28. The van der Waals surface area contributed by atoms with Crippen molar-refractivity contribution in [2.45, 2.75) is 25.4 Å². The Morgan fingerprint density at radius 1 is 1.57 bits per heavy atom. The Bertz CT molecular complexity index is 693. The molecule has 2 aromatic heterocycles. The van der Waals surface area contributed by atoms with Gasteiger partial charge in [0.2, 0.25) is 0 Å². The third-order valence-corrected chi connectivity index (χ3v) is 3.23. The molecule has 1 aliphatic rings. The molecule has 3 N–H and O–H groups in total. The highest BCUT2D eigenvalue weighted by molar-refractivity contribution is 5.99. The molecular weight excluding hydrogens is 306 g/mol. The van der Waals surface area contributed by atoms with Crippen LogP contribution >= 0.6 is 0 Å². The number of nitrogens with zero attached hydrogens (tertiary/aromatic N) is 1. The largest absolute Gasteiger partial charge is 0.483 e. The number of ether oxygens (including phenoxy) is 1. The van der Waals surface area contributed by atoms with E-state index in [2.05, 4.69) is 15.5 Å². The lowest BCUT2D eigenvalue weighted by Gasteiger charge is -2.20. The Labute approximate surface area is 130 Å². The molecule has 9 nitrogen and oxygen atoms in total. The van der Waals surface area contributed by atoms with Gasteiger partial charge in [0, 0.05) is 18.9 Å². The molecule has 122 valence electrons. The minimum absolute atomic E-state index is 0.250. The van der Waals surface area contributed by atoms with Crippen LogP contribution in [0.4, 0.5) is 5.82 Å². The van der Waals surface area contributed by atoms with Crippen LogP contribution in [0.2, 0.25) is 0 Å². The van der Waals surface area contributed by atoms with Crippen molar-refractivity contribution in [1.29, 1.82) is 0 Å². The quantitative estimate of drug-likeness (QED) is 0.574. The highest BCUT2D eigenvalue weighted by Gasteiger charge is 2.43. The minimum Gasteiger partial charge on any atom is -0.483 e. The number of rotatable bonds is 3. The summed E-state index contributed by atoms with van der Waals surface area (Å²) >= 11 is 0. The molecule has 1 atom stereocenters. The molecule has 1 amide bonds. The van der Waals surface area contributed by atoms with Gasteiger partial charge in [0.15, 0.2) is 17.2 Å². The molecule has 0 spiro atoms. The zero-order valence-corrected chi connectivity index (χ0v) is 12.2. The number of carbonyl (C=O) groups excluding carboxylic acids is 2. The fraction of sp³-hybridized carbons (Fsp3) is 0.286. The Morgan fingerprint density at radius 3 is 2.87 bits per heavy atom. The van der Waals surface area contributed by atoms with Crippen molar-refractivity contribution >= 4 is 24.2 Å². The number of aromatic nitrogens is 2. The summed E-state index contributed by atoms with van der Waals surface area (Å²) in [5, 5.41) is 16.3. The average Bonchev–Trinajstić information content (AvgIpc) is 3.21. The summed E-state index contributed by atoms with van der Waals surface area (Å²) in [5.74, 6) is 0.226. The summed E-state index contributed by atoms with van der Waals surface area (Å²) in [6, 6.07) is 5.18. The number of anilines is 1. The molecular formula is C14H15N3O6. The van der Waals surface area contributed by atoms with E-state index in [0.29, 0.717) is 23.7 Å². The van der Waals surface area contributed by atoms with Gasteiger partial charge in [0.1, 0.15) is 5.69 Å². The zero-order chi connectivity index (χ0) is 16.9. The number of esters is 1. The first-order valence-corrected chi connectivity index (χ1v) is 6.69. The monoisotopic (exact) mass is 321 g/mol. The van der Waals surface area contributed by atoms with E-state index in [4.69, 9.17) is 19.1 Å². The van der Waals surface area contributed by atoms with Gasteiger partial charge in [0.05, 0.1) is 6.26 Å². The third-order valence-electron chi connectivity index (χ3n) is 3.23. The maximum Gasteiger partial charge on any atom is 0.307 e. The summed E-state index contributed by atoms with van der Waals surface area (Å²) < 4.78 is 10.3. The molecule has 9 heteroatoms. The molecule has 0 bridgehead atoms. The number of amides is 1. The van der Waals surface area contributed by atoms with E-state index in [1.54, 1.807) is 31.4 Å². The summed E-state index contributed by atoms with van der Waals surface area (Å²) in [6.07, 6.45) is 2.17. The molecule has 1 aliphatic heterocycles. The van der Waals surface area contributed by atoms with Crippen molar-refractivity contribution in [3.63, 3.8) is 0 Å². The standard InChI is InChI=1S/C13H13N3O4.CH2O2/c1-13(5-4-11(17)20-13)12(18)14-10-7-8(15-16-10)9-3-2-6-19-9;2-1-3/h2-3,6-7H,4-5H2,1H3,(H2,14,15,16,18);1H,(H,2,3).